The number of nitrogens with zero attached hydrogens (tertiary/aromatic N) is 2. The second kappa shape index (κ2) is 8.53. The number of fused-ring (bicyclic) bond motifs is 1. The number of nitrogens with one attached hydrogen (secondary N) is 2. The van der Waals surface area contributed by atoms with Crippen molar-refractivity contribution < 1.29 is 13.2 Å². The Labute approximate surface area is 165 Å². The van der Waals surface area contributed by atoms with Crippen LogP contribution >= 0.6 is 0 Å². The van der Waals surface area contributed by atoms with E-state index in [1.54, 1.807) is 42.5 Å². The molecule has 2 N–H and O–H groups in total. The van der Waals surface area contributed by atoms with Gasteiger partial charge in [0.25, 0.3) is 15.9 Å². The van der Waals surface area contributed by atoms with Crippen LogP contribution in [0.25, 0.3) is 0 Å². The minimum absolute atomic E-state index is 0.134. The van der Waals surface area contributed by atoms with Crippen molar-refractivity contribution in [2.75, 3.05) is 31.5 Å². The number of carbonyl (C=O) groups excluding carboxylic acids is 1. The molecule has 2 aromatic carbocycles. The van der Waals surface area contributed by atoms with Crippen molar-refractivity contribution in [3.8, 4) is 0 Å². The molecular weight excluding hydrogens is 376 g/mol. The lowest BCUT2D eigenvalue weighted by Crippen LogP contribution is -2.34. The van der Waals surface area contributed by atoms with Crippen molar-refractivity contribution in [1.82, 2.24) is 10.2 Å². The summed E-state index contributed by atoms with van der Waals surface area (Å²) in [6.45, 7) is 7.49. The highest BCUT2D eigenvalue weighted by Crippen LogP contribution is 2.26. The quantitative estimate of drug-likeness (QED) is 0.744. The predicted octanol–water partition coefficient (Wildman–Crippen LogP) is 2.32. The summed E-state index contributed by atoms with van der Waals surface area (Å²) in [6.07, 6.45) is 0. The van der Waals surface area contributed by atoms with Gasteiger partial charge in [0.1, 0.15) is 4.90 Å². The molecule has 0 saturated carbocycles. The van der Waals surface area contributed by atoms with Gasteiger partial charge in [0.2, 0.25) is 0 Å². The zero-order valence-electron chi connectivity index (χ0n) is 16.0. The molecule has 1 amide bonds. The average molecular weight is 401 g/mol. The average Bonchev–Trinajstić information content (AvgIpc) is 2.96. The summed E-state index contributed by atoms with van der Waals surface area (Å²) in [5.41, 5.74) is 1.75. The Morgan fingerprint density at radius 3 is 2.39 bits per heavy atom. The van der Waals surface area contributed by atoms with Gasteiger partial charge in [-0.1, -0.05) is 26.0 Å². The molecule has 0 radical (unpaired) electrons. The van der Waals surface area contributed by atoms with E-state index >= 15 is 0 Å². The molecule has 1 aliphatic rings. The fraction of sp³-hybridized carbons (Fsp3) is 0.300. The molecule has 0 aliphatic carbocycles. The van der Waals surface area contributed by atoms with Crippen LogP contribution in [0.4, 0.5) is 5.69 Å². The maximum Gasteiger partial charge on any atom is 0.285 e. The molecular formula is C20H24N4O3S. The third-order valence-corrected chi connectivity index (χ3v) is 5.98. The van der Waals surface area contributed by atoms with Crippen molar-refractivity contribution in [1.29, 1.82) is 0 Å². The summed E-state index contributed by atoms with van der Waals surface area (Å²) in [5.74, 6) is 0.150. The molecule has 8 heteroatoms. The van der Waals surface area contributed by atoms with Gasteiger partial charge in [-0.25, -0.2) is 0 Å². The minimum atomic E-state index is -3.66. The molecule has 2 aromatic rings. The van der Waals surface area contributed by atoms with Crippen LogP contribution in [0.15, 0.2) is 57.8 Å². The first-order valence-corrected chi connectivity index (χ1v) is 10.7. The number of hydrogen-bond donors (Lipinski definition) is 2. The second-order valence-corrected chi connectivity index (χ2v) is 7.97. The molecule has 28 heavy (non-hydrogen) atoms. The van der Waals surface area contributed by atoms with Crippen molar-refractivity contribution in [3.63, 3.8) is 0 Å². The van der Waals surface area contributed by atoms with Crippen LogP contribution in [-0.4, -0.2) is 51.2 Å². The van der Waals surface area contributed by atoms with Crippen LogP contribution in [0, 0.1) is 0 Å². The van der Waals surface area contributed by atoms with Gasteiger partial charge in [-0.3, -0.25) is 4.79 Å². The third-order valence-electron chi connectivity index (χ3n) is 4.65. The first-order valence-electron chi connectivity index (χ1n) is 9.26. The van der Waals surface area contributed by atoms with Crippen LogP contribution in [0.1, 0.15) is 29.8 Å². The summed E-state index contributed by atoms with van der Waals surface area (Å²) >= 11 is 0. The summed E-state index contributed by atoms with van der Waals surface area (Å²) in [6, 6.07) is 13.5. The largest absolute Gasteiger partial charge is 0.351 e. The Kier molecular flexibility index (Phi) is 6.11. The van der Waals surface area contributed by atoms with Gasteiger partial charge in [0.15, 0.2) is 5.84 Å². The first kappa shape index (κ1) is 20.0. The van der Waals surface area contributed by atoms with E-state index in [1.807, 2.05) is 0 Å². The number of anilines is 1. The van der Waals surface area contributed by atoms with Gasteiger partial charge in [-0.15, -0.1) is 4.40 Å². The summed E-state index contributed by atoms with van der Waals surface area (Å²) < 4.78 is 28.0. The minimum Gasteiger partial charge on any atom is -0.351 e. The van der Waals surface area contributed by atoms with E-state index in [2.05, 4.69) is 33.8 Å². The standard InChI is InChI=1S/C20H24N4O3S/c1-3-24(4-2)14-13-21-20(25)15-9-11-16(12-10-15)22-19-17-7-5-6-8-18(17)28(26,27)23-19/h5-12H,3-4,13-14H2,1-2H3,(H,21,25)(H,22,23). The fourth-order valence-corrected chi connectivity index (χ4v) is 4.18. The molecule has 0 fully saturated rings. The van der Waals surface area contributed by atoms with Gasteiger partial charge >= 0.3 is 0 Å². The molecule has 0 saturated heterocycles. The normalized spacial score (nSPS) is 14.5. The molecule has 7 nitrogen and oxygen atoms in total. The zero-order valence-corrected chi connectivity index (χ0v) is 16.8. The van der Waals surface area contributed by atoms with E-state index < -0.39 is 10.0 Å². The van der Waals surface area contributed by atoms with Crippen molar-refractivity contribution >= 4 is 27.5 Å². The maximum atomic E-state index is 12.3. The highest BCUT2D eigenvalue weighted by atomic mass is 32.2. The molecule has 0 aromatic heterocycles. The Bertz CT molecular complexity index is 981. The van der Waals surface area contributed by atoms with Crippen LogP contribution in [0.3, 0.4) is 0 Å². The van der Waals surface area contributed by atoms with Crippen LogP contribution in [-0.2, 0) is 10.0 Å². The lowest BCUT2D eigenvalue weighted by atomic mass is 10.1. The highest BCUT2D eigenvalue weighted by Gasteiger charge is 2.28. The number of likely N-dealkylation sites (N-methyl/N-ethyl adjacent to an activating group) is 1. The van der Waals surface area contributed by atoms with Gasteiger partial charge in [-0.2, -0.15) is 8.42 Å². The molecule has 1 heterocycles. The van der Waals surface area contributed by atoms with E-state index in [0.717, 1.165) is 19.6 Å². The zero-order chi connectivity index (χ0) is 20.1. The first-order chi connectivity index (χ1) is 13.4. The number of rotatable bonds is 7. The van der Waals surface area contributed by atoms with Crippen LogP contribution in [0.5, 0.6) is 0 Å². The van der Waals surface area contributed by atoms with E-state index in [4.69, 9.17) is 0 Å². The fourth-order valence-electron chi connectivity index (χ4n) is 3.01. The monoisotopic (exact) mass is 400 g/mol. The lowest BCUT2D eigenvalue weighted by molar-refractivity contribution is 0.0949. The molecule has 1 aliphatic heterocycles. The molecule has 0 unspecified atom stereocenters. The predicted molar refractivity (Wildman–Crippen MR) is 110 cm³/mol. The molecule has 148 valence electrons. The van der Waals surface area contributed by atoms with Gasteiger partial charge < -0.3 is 15.5 Å². The van der Waals surface area contributed by atoms with Crippen molar-refractivity contribution in [2.45, 2.75) is 18.7 Å². The number of carbonyl (C=O) groups is 1. The van der Waals surface area contributed by atoms with E-state index in [-0.39, 0.29) is 16.6 Å². The van der Waals surface area contributed by atoms with Crippen molar-refractivity contribution in [2.24, 2.45) is 4.40 Å². The topological polar surface area (TPSA) is 90.9 Å². The molecule has 0 spiro atoms. The number of sulfonamides is 1. The Balaban J connectivity index is 1.63. The number of hydrogen-bond acceptors (Lipinski definition) is 5. The summed E-state index contributed by atoms with van der Waals surface area (Å²) in [7, 11) is -3.66. The maximum absolute atomic E-state index is 12.3. The highest BCUT2D eigenvalue weighted by molar-refractivity contribution is 7.90. The smallest absolute Gasteiger partial charge is 0.285 e. The summed E-state index contributed by atoms with van der Waals surface area (Å²) in [4.78, 5) is 14.7. The second-order valence-electron chi connectivity index (χ2n) is 6.40. The van der Waals surface area contributed by atoms with E-state index in [9.17, 15) is 13.2 Å². The van der Waals surface area contributed by atoms with Gasteiger partial charge in [-0.05, 0) is 49.5 Å². The van der Waals surface area contributed by atoms with Crippen LogP contribution in [0.2, 0.25) is 0 Å². The Morgan fingerprint density at radius 2 is 1.71 bits per heavy atom. The number of amidine groups is 1. The van der Waals surface area contributed by atoms with Crippen LogP contribution < -0.4 is 10.6 Å². The van der Waals surface area contributed by atoms with E-state index in [1.165, 1.54) is 6.07 Å². The van der Waals surface area contributed by atoms with E-state index in [0.29, 0.717) is 23.4 Å². The lowest BCUT2D eigenvalue weighted by Gasteiger charge is -2.18. The molecule has 0 bridgehead atoms. The Morgan fingerprint density at radius 1 is 1.04 bits per heavy atom. The Hall–Kier alpha value is -2.71. The summed E-state index contributed by atoms with van der Waals surface area (Å²) in [5, 5.41) is 5.93. The van der Waals surface area contributed by atoms with Gasteiger partial charge in [0.05, 0.1) is 0 Å². The SMILES string of the molecule is CCN(CC)CCNC(=O)c1ccc(NC2=NS(=O)(=O)c3ccccc32)cc1. The third kappa shape index (κ3) is 4.40. The van der Waals surface area contributed by atoms with Crippen molar-refractivity contribution in [3.05, 3.63) is 59.7 Å². The molecule has 3 rings (SSSR count). The molecule has 0 atom stereocenters. The van der Waals surface area contributed by atoms with Gasteiger partial charge in [0, 0.05) is 29.9 Å². The number of amides is 1. The number of benzene rings is 2.